The Morgan fingerprint density at radius 2 is 1.75 bits per heavy atom. The molecule has 0 aromatic heterocycles. The Balaban J connectivity index is 3.12. The van der Waals surface area contributed by atoms with Gasteiger partial charge in [0, 0.05) is 11.3 Å². The minimum Gasteiger partial charge on any atom is -0.385 e. The standard InChI is InChI=1S/C10H12Cl2O3S/c1-10(12,16(2,14)15)9(13)7-3-5-8(11)6-4-7/h3-6,9,13H,1-2H3. The molecule has 0 bridgehead atoms. The smallest absolute Gasteiger partial charge is 0.172 e. The van der Waals surface area contributed by atoms with Gasteiger partial charge in [-0.05, 0) is 24.6 Å². The Hall–Kier alpha value is -0.290. The first-order valence-electron chi connectivity index (χ1n) is 4.48. The van der Waals surface area contributed by atoms with Gasteiger partial charge in [-0.3, -0.25) is 0 Å². The second kappa shape index (κ2) is 4.53. The van der Waals surface area contributed by atoms with Gasteiger partial charge in [-0.25, -0.2) is 8.42 Å². The average Bonchev–Trinajstić information content (AvgIpc) is 2.16. The van der Waals surface area contributed by atoms with E-state index in [2.05, 4.69) is 0 Å². The molecule has 0 aliphatic carbocycles. The highest BCUT2D eigenvalue weighted by Gasteiger charge is 2.41. The van der Waals surface area contributed by atoms with Crippen molar-refractivity contribution in [3.8, 4) is 0 Å². The summed E-state index contributed by atoms with van der Waals surface area (Å²) >= 11 is 11.6. The van der Waals surface area contributed by atoms with E-state index in [0.717, 1.165) is 6.26 Å². The van der Waals surface area contributed by atoms with E-state index in [9.17, 15) is 13.5 Å². The van der Waals surface area contributed by atoms with E-state index >= 15 is 0 Å². The van der Waals surface area contributed by atoms with Gasteiger partial charge in [-0.2, -0.15) is 0 Å². The summed E-state index contributed by atoms with van der Waals surface area (Å²) in [5.41, 5.74) is 0.410. The van der Waals surface area contributed by atoms with Gasteiger partial charge in [-0.1, -0.05) is 35.3 Å². The molecule has 0 saturated heterocycles. The van der Waals surface area contributed by atoms with Crippen LogP contribution < -0.4 is 0 Å². The van der Waals surface area contributed by atoms with Crippen molar-refractivity contribution in [2.45, 2.75) is 17.2 Å². The first-order valence-corrected chi connectivity index (χ1v) is 7.13. The van der Waals surface area contributed by atoms with Crippen LogP contribution in [0.15, 0.2) is 24.3 Å². The van der Waals surface area contributed by atoms with Crippen molar-refractivity contribution >= 4 is 33.0 Å². The van der Waals surface area contributed by atoms with Crippen molar-refractivity contribution in [2.24, 2.45) is 0 Å². The van der Waals surface area contributed by atoms with E-state index in [4.69, 9.17) is 23.2 Å². The van der Waals surface area contributed by atoms with Crippen molar-refractivity contribution in [3.05, 3.63) is 34.9 Å². The highest BCUT2D eigenvalue weighted by atomic mass is 35.5. The lowest BCUT2D eigenvalue weighted by Gasteiger charge is -2.26. The minimum atomic E-state index is -3.58. The molecule has 0 amide bonds. The lowest BCUT2D eigenvalue weighted by molar-refractivity contribution is 0.163. The Morgan fingerprint density at radius 3 is 2.12 bits per heavy atom. The maximum absolute atomic E-state index is 11.4. The molecule has 0 spiro atoms. The molecule has 16 heavy (non-hydrogen) atoms. The molecule has 1 rings (SSSR count). The number of rotatable bonds is 3. The van der Waals surface area contributed by atoms with Gasteiger partial charge in [-0.15, -0.1) is 0 Å². The van der Waals surface area contributed by atoms with Gasteiger partial charge in [0.1, 0.15) is 6.10 Å². The third-order valence-corrected chi connectivity index (χ3v) is 5.37. The molecular formula is C10H12Cl2O3S. The first-order chi connectivity index (χ1) is 7.16. The fourth-order valence-corrected chi connectivity index (χ4v) is 1.94. The molecule has 0 radical (unpaired) electrons. The Morgan fingerprint density at radius 1 is 1.31 bits per heavy atom. The van der Waals surface area contributed by atoms with Crippen LogP contribution in [0.4, 0.5) is 0 Å². The zero-order valence-electron chi connectivity index (χ0n) is 8.81. The molecular weight excluding hydrogens is 271 g/mol. The Bertz CT molecular complexity index is 465. The van der Waals surface area contributed by atoms with Crippen LogP contribution in [0.1, 0.15) is 18.6 Å². The summed E-state index contributed by atoms with van der Waals surface area (Å²) in [6.07, 6.45) is -0.319. The second-order valence-corrected chi connectivity index (χ2v) is 7.55. The van der Waals surface area contributed by atoms with Crippen LogP contribution in [0.3, 0.4) is 0 Å². The van der Waals surface area contributed by atoms with Crippen molar-refractivity contribution in [1.82, 2.24) is 0 Å². The summed E-state index contributed by atoms with van der Waals surface area (Å²) in [4.78, 5) is 0. The van der Waals surface area contributed by atoms with Gasteiger partial charge in [0.25, 0.3) is 0 Å². The molecule has 0 saturated carbocycles. The lowest BCUT2D eigenvalue weighted by atomic mass is 10.1. The summed E-state index contributed by atoms with van der Waals surface area (Å²) < 4.78 is 21.1. The van der Waals surface area contributed by atoms with Crippen LogP contribution in [0.5, 0.6) is 0 Å². The lowest BCUT2D eigenvalue weighted by Crippen LogP contribution is -2.35. The van der Waals surface area contributed by atoms with Gasteiger partial charge >= 0.3 is 0 Å². The average molecular weight is 283 g/mol. The van der Waals surface area contributed by atoms with Crippen molar-refractivity contribution in [2.75, 3.05) is 6.26 Å². The number of halogens is 2. The van der Waals surface area contributed by atoms with Crippen LogP contribution in [0.25, 0.3) is 0 Å². The second-order valence-electron chi connectivity index (χ2n) is 3.71. The summed E-state index contributed by atoms with van der Waals surface area (Å²) in [7, 11) is -3.58. The molecule has 0 aliphatic heterocycles. The predicted octanol–water partition coefficient (Wildman–Crippen LogP) is 2.37. The molecule has 0 heterocycles. The molecule has 2 atom stereocenters. The molecule has 90 valence electrons. The van der Waals surface area contributed by atoms with Crippen LogP contribution in [0, 0.1) is 0 Å². The molecule has 1 N–H and O–H groups in total. The van der Waals surface area contributed by atoms with Gasteiger partial charge in [0.05, 0.1) is 0 Å². The molecule has 0 aliphatic rings. The number of sulfone groups is 1. The highest BCUT2D eigenvalue weighted by molar-refractivity contribution is 7.93. The SMILES string of the molecule is CC(Cl)(C(O)c1ccc(Cl)cc1)S(C)(=O)=O. The normalized spacial score (nSPS) is 17.8. The van der Waals surface area contributed by atoms with Crippen LogP contribution >= 0.6 is 23.2 Å². The highest BCUT2D eigenvalue weighted by Crippen LogP contribution is 2.36. The zero-order valence-corrected chi connectivity index (χ0v) is 11.1. The van der Waals surface area contributed by atoms with Gasteiger partial charge < -0.3 is 5.11 Å². The van der Waals surface area contributed by atoms with E-state index in [1.165, 1.54) is 6.92 Å². The van der Waals surface area contributed by atoms with E-state index in [-0.39, 0.29) is 0 Å². The molecule has 6 heteroatoms. The van der Waals surface area contributed by atoms with Crippen molar-refractivity contribution in [1.29, 1.82) is 0 Å². The first kappa shape index (κ1) is 13.8. The van der Waals surface area contributed by atoms with Gasteiger partial charge in [0.15, 0.2) is 14.0 Å². The quantitative estimate of drug-likeness (QED) is 0.866. The van der Waals surface area contributed by atoms with Crippen LogP contribution in [-0.4, -0.2) is 24.0 Å². The maximum Gasteiger partial charge on any atom is 0.172 e. The van der Waals surface area contributed by atoms with Crippen molar-refractivity contribution in [3.63, 3.8) is 0 Å². The fraction of sp³-hybridized carbons (Fsp3) is 0.400. The predicted molar refractivity (Wildman–Crippen MR) is 65.5 cm³/mol. The third kappa shape index (κ3) is 2.69. The number of aliphatic hydroxyl groups excluding tert-OH is 1. The summed E-state index contributed by atoms with van der Waals surface area (Å²) in [5.74, 6) is 0. The molecule has 3 nitrogen and oxygen atoms in total. The third-order valence-electron chi connectivity index (χ3n) is 2.40. The van der Waals surface area contributed by atoms with Crippen LogP contribution in [-0.2, 0) is 9.84 Å². The number of alkyl halides is 1. The Kier molecular flexibility index (Phi) is 3.90. The van der Waals surface area contributed by atoms with E-state index in [1.54, 1.807) is 24.3 Å². The number of hydrogen-bond acceptors (Lipinski definition) is 3. The Labute approximate surface area is 105 Å². The summed E-state index contributed by atoms with van der Waals surface area (Å²) in [6, 6.07) is 6.21. The zero-order chi connectivity index (χ0) is 12.6. The number of benzene rings is 1. The topological polar surface area (TPSA) is 54.4 Å². The molecule has 1 aromatic carbocycles. The summed E-state index contributed by atoms with van der Waals surface area (Å²) in [6.45, 7) is 1.27. The van der Waals surface area contributed by atoms with E-state index in [1.807, 2.05) is 0 Å². The number of hydrogen-bond donors (Lipinski definition) is 1. The maximum atomic E-state index is 11.4. The van der Waals surface area contributed by atoms with E-state index in [0.29, 0.717) is 10.6 Å². The van der Waals surface area contributed by atoms with Crippen molar-refractivity contribution < 1.29 is 13.5 Å². The fourth-order valence-electron chi connectivity index (χ4n) is 1.15. The largest absolute Gasteiger partial charge is 0.385 e. The van der Waals surface area contributed by atoms with Gasteiger partial charge in [0.2, 0.25) is 0 Å². The molecule has 1 aromatic rings. The summed E-state index contributed by atoms with van der Waals surface area (Å²) in [5, 5.41) is 10.4. The monoisotopic (exact) mass is 282 g/mol. The molecule has 2 unspecified atom stereocenters. The van der Waals surface area contributed by atoms with E-state index < -0.39 is 20.1 Å². The molecule has 0 fully saturated rings. The van der Waals surface area contributed by atoms with Crippen LogP contribution in [0.2, 0.25) is 5.02 Å². The number of aliphatic hydroxyl groups is 1. The minimum absolute atomic E-state index is 0.410.